The van der Waals surface area contributed by atoms with Gasteiger partial charge in [0.2, 0.25) is 5.91 Å². The summed E-state index contributed by atoms with van der Waals surface area (Å²) in [7, 11) is 0. The Morgan fingerprint density at radius 3 is 2.23 bits per heavy atom. The summed E-state index contributed by atoms with van der Waals surface area (Å²) in [5, 5.41) is 13.9. The zero-order valence-electron chi connectivity index (χ0n) is 21.6. The van der Waals surface area contributed by atoms with Crippen LogP contribution in [0.1, 0.15) is 24.5 Å². The molecule has 2 aromatic carbocycles. The normalized spacial score (nSPS) is 19.5. The Morgan fingerprint density at radius 1 is 1.00 bits per heavy atom. The van der Waals surface area contributed by atoms with Crippen LogP contribution < -0.4 is 10.2 Å². The summed E-state index contributed by atoms with van der Waals surface area (Å²) in [4.78, 5) is 28.8. The van der Waals surface area contributed by atoms with E-state index in [-0.39, 0.29) is 23.6 Å². The van der Waals surface area contributed by atoms with Crippen molar-refractivity contribution >= 4 is 23.0 Å². The summed E-state index contributed by atoms with van der Waals surface area (Å²) in [5.74, 6) is -0.401. The van der Waals surface area contributed by atoms with Gasteiger partial charge in [-0.1, -0.05) is 6.92 Å². The zero-order valence-corrected chi connectivity index (χ0v) is 21.6. The lowest BCUT2D eigenvalue weighted by atomic mass is 10.1. The van der Waals surface area contributed by atoms with Crippen molar-refractivity contribution in [1.29, 1.82) is 0 Å². The monoisotopic (exact) mass is 573 g/mol. The van der Waals surface area contributed by atoms with E-state index in [9.17, 15) is 41.3 Å². The molecule has 4 rings (SSSR count). The van der Waals surface area contributed by atoms with Crippen molar-refractivity contribution < 1.29 is 36.1 Å². The molecule has 2 fully saturated rings. The minimum absolute atomic E-state index is 0.0749. The van der Waals surface area contributed by atoms with Gasteiger partial charge >= 0.3 is 12.4 Å². The molecule has 2 aliphatic rings. The summed E-state index contributed by atoms with van der Waals surface area (Å²) in [6.45, 7) is 5.55. The number of hydrogen-bond donors (Lipinski definition) is 1. The molecule has 2 aliphatic heterocycles. The van der Waals surface area contributed by atoms with E-state index in [0.717, 1.165) is 24.3 Å². The third kappa shape index (κ3) is 6.95. The van der Waals surface area contributed by atoms with E-state index in [1.807, 2.05) is 11.8 Å². The zero-order chi connectivity index (χ0) is 29.2. The molecule has 0 bridgehead atoms. The Balaban J connectivity index is 1.26. The number of hydrogen-bond acceptors (Lipinski definition) is 6. The number of nitrogens with zero attached hydrogens (tertiary/aromatic N) is 4. The Morgan fingerprint density at radius 2 is 1.65 bits per heavy atom. The maximum Gasteiger partial charge on any atom is 0.423 e. The number of nitro groups is 1. The first-order chi connectivity index (χ1) is 18.7. The lowest BCUT2D eigenvalue weighted by Crippen LogP contribution is -2.49. The minimum atomic E-state index is -4.88. The molecule has 1 amide bonds. The second-order valence-corrected chi connectivity index (χ2v) is 10.1. The number of nitro benzene ring substituents is 1. The van der Waals surface area contributed by atoms with Crippen LogP contribution in [0.4, 0.5) is 43.4 Å². The summed E-state index contributed by atoms with van der Waals surface area (Å²) in [6.07, 6.45) is -8.74. The highest BCUT2D eigenvalue weighted by Gasteiger charge is 2.39. The molecule has 0 saturated carbocycles. The molecule has 0 spiro atoms. The fraction of sp³-hybridized carbons (Fsp3) is 0.500. The molecule has 1 N–H and O–H groups in total. The molecule has 0 radical (unpaired) electrons. The Labute approximate surface area is 226 Å². The largest absolute Gasteiger partial charge is 0.423 e. The van der Waals surface area contributed by atoms with Gasteiger partial charge in [-0.2, -0.15) is 26.3 Å². The topological polar surface area (TPSA) is 82.0 Å². The van der Waals surface area contributed by atoms with Gasteiger partial charge in [0, 0.05) is 75.2 Å². The lowest BCUT2D eigenvalue weighted by Gasteiger charge is -2.37. The molecule has 2 heterocycles. The Hall–Kier alpha value is -3.55. The Bertz CT molecular complexity index is 1210. The van der Waals surface area contributed by atoms with Gasteiger partial charge in [0.25, 0.3) is 5.69 Å². The number of alkyl halides is 6. The van der Waals surface area contributed by atoms with Crippen molar-refractivity contribution in [3.05, 3.63) is 63.7 Å². The first-order valence-electron chi connectivity index (χ1n) is 12.8. The van der Waals surface area contributed by atoms with Crippen molar-refractivity contribution in [2.45, 2.75) is 31.7 Å². The van der Waals surface area contributed by atoms with Crippen LogP contribution in [0.5, 0.6) is 0 Å². The summed E-state index contributed by atoms with van der Waals surface area (Å²) >= 11 is 0. The number of carbonyl (C=O) groups is 1. The highest BCUT2D eigenvalue weighted by molar-refractivity contribution is 5.79. The van der Waals surface area contributed by atoms with E-state index in [1.165, 1.54) is 18.2 Å². The fourth-order valence-electron chi connectivity index (χ4n) is 5.15. The molecule has 218 valence electrons. The molecule has 40 heavy (non-hydrogen) atoms. The number of piperazine rings is 1. The second kappa shape index (κ2) is 11.5. The number of likely N-dealkylation sites (tertiary alicyclic amines) is 1. The van der Waals surface area contributed by atoms with Crippen LogP contribution in [-0.4, -0.2) is 72.5 Å². The number of benzene rings is 2. The number of nitrogens with one attached hydrogen (secondary N) is 1. The van der Waals surface area contributed by atoms with Gasteiger partial charge in [-0.3, -0.25) is 19.8 Å². The summed E-state index contributed by atoms with van der Waals surface area (Å²) in [5.41, 5.74) is -2.24. The number of amides is 1. The van der Waals surface area contributed by atoms with Gasteiger partial charge in [-0.05, 0) is 42.8 Å². The molecule has 2 atom stereocenters. The number of rotatable bonds is 7. The van der Waals surface area contributed by atoms with Gasteiger partial charge in [0.15, 0.2) is 0 Å². The molecule has 8 nitrogen and oxygen atoms in total. The van der Waals surface area contributed by atoms with Crippen LogP contribution >= 0.6 is 0 Å². The van der Waals surface area contributed by atoms with Crippen LogP contribution in [0.15, 0.2) is 42.5 Å². The maximum atomic E-state index is 13.3. The van der Waals surface area contributed by atoms with Gasteiger partial charge in [0.05, 0.1) is 10.5 Å². The number of halogens is 6. The maximum absolute atomic E-state index is 13.3. The van der Waals surface area contributed by atoms with Crippen LogP contribution in [0.3, 0.4) is 0 Å². The van der Waals surface area contributed by atoms with E-state index in [4.69, 9.17) is 0 Å². The molecule has 1 unspecified atom stereocenters. The molecule has 14 heteroatoms. The number of carbonyl (C=O) groups excluding carboxylic acids is 1. The lowest BCUT2D eigenvalue weighted by molar-refractivity contribution is -0.388. The highest BCUT2D eigenvalue weighted by Crippen LogP contribution is 2.38. The first-order valence-corrected chi connectivity index (χ1v) is 12.8. The fourth-order valence-corrected chi connectivity index (χ4v) is 5.15. The standard InChI is InChI=1S/C26H29F6N5O3/c1-17(15-34-10-12-35(13-11-34)21-5-2-18(3-6-21)25(27,28)29)24(38)36-9-8-20(16-36)33-19-4-7-23(37(39)40)22(14-19)26(30,31)32/h2-7,14,17,20,33H,8-13,15-16H2,1H3/t17?,20-/m1/s1. The summed E-state index contributed by atoms with van der Waals surface area (Å²) < 4.78 is 78.3. The molecule has 0 aromatic heterocycles. The molecule has 2 saturated heterocycles. The molecule has 0 aliphatic carbocycles. The number of anilines is 2. The minimum Gasteiger partial charge on any atom is -0.380 e. The predicted molar refractivity (Wildman–Crippen MR) is 136 cm³/mol. The molecular weight excluding hydrogens is 544 g/mol. The van der Waals surface area contributed by atoms with Crippen molar-refractivity contribution in [3.63, 3.8) is 0 Å². The van der Waals surface area contributed by atoms with E-state index in [2.05, 4.69) is 10.2 Å². The van der Waals surface area contributed by atoms with Crippen molar-refractivity contribution in [2.75, 3.05) is 56.0 Å². The van der Waals surface area contributed by atoms with Crippen molar-refractivity contribution in [2.24, 2.45) is 5.92 Å². The highest BCUT2D eigenvalue weighted by atomic mass is 19.4. The van der Waals surface area contributed by atoms with Crippen LogP contribution in [0, 0.1) is 16.0 Å². The van der Waals surface area contributed by atoms with Crippen LogP contribution in [-0.2, 0) is 17.1 Å². The van der Waals surface area contributed by atoms with Gasteiger partial charge in [-0.15, -0.1) is 0 Å². The van der Waals surface area contributed by atoms with Gasteiger partial charge < -0.3 is 15.1 Å². The molecule has 2 aromatic rings. The first kappa shape index (κ1) is 29.4. The third-order valence-electron chi connectivity index (χ3n) is 7.26. The van der Waals surface area contributed by atoms with Crippen molar-refractivity contribution in [1.82, 2.24) is 9.80 Å². The van der Waals surface area contributed by atoms with Gasteiger partial charge in [0.1, 0.15) is 5.56 Å². The van der Waals surface area contributed by atoms with E-state index in [1.54, 1.807) is 4.90 Å². The summed E-state index contributed by atoms with van der Waals surface area (Å²) in [6, 6.07) is 7.52. The van der Waals surface area contributed by atoms with Crippen LogP contribution in [0.25, 0.3) is 0 Å². The average molecular weight is 574 g/mol. The van der Waals surface area contributed by atoms with Crippen LogP contribution in [0.2, 0.25) is 0 Å². The van der Waals surface area contributed by atoms with Gasteiger partial charge in [-0.25, -0.2) is 0 Å². The van der Waals surface area contributed by atoms with E-state index < -0.39 is 34.1 Å². The van der Waals surface area contributed by atoms with E-state index >= 15 is 0 Å². The second-order valence-electron chi connectivity index (χ2n) is 10.1. The van der Waals surface area contributed by atoms with E-state index in [0.29, 0.717) is 57.9 Å². The SMILES string of the molecule is CC(CN1CCN(c2ccc(C(F)(F)F)cc2)CC1)C(=O)N1CC[C@@H](Nc2ccc([N+](=O)[O-])c(C(F)(F)F)c2)C1. The Kier molecular flexibility index (Phi) is 8.47. The van der Waals surface area contributed by atoms with Crippen molar-refractivity contribution in [3.8, 4) is 0 Å². The average Bonchev–Trinajstić information content (AvgIpc) is 3.36. The molecular formula is C26H29F6N5O3. The third-order valence-corrected chi connectivity index (χ3v) is 7.26. The predicted octanol–water partition coefficient (Wildman–Crippen LogP) is 5.10. The quantitative estimate of drug-likeness (QED) is 0.282. The smallest absolute Gasteiger partial charge is 0.380 e.